The molecule has 0 saturated carbocycles. The van der Waals surface area contributed by atoms with Crippen molar-refractivity contribution in [1.29, 1.82) is 0 Å². The number of hydrogen-bond acceptors (Lipinski definition) is 3. The van der Waals surface area contributed by atoms with E-state index >= 15 is 0 Å². The molecule has 0 atom stereocenters. The van der Waals surface area contributed by atoms with Gasteiger partial charge < -0.3 is 0 Å². The average molecular weight is 276 g/mol. The maximum absolute atomic E-state index is 9.18. The van der Waals surface area contributed by atoms with Crippen LogP contribution in [0, 0.1) is 6.92 Å². The molecule has 2 aromatic rings. The van der Waals surface area contributed by atoms with Crippen molar-refractivity contribution in [2.45, 2.75) is 30.5 Å². The molecule has 2 nitrogen and oxygen atoms in total. The number of rotatable bonds is 4. The zero-order chi connectivity index (χ0) is 13.2. The first kappa shape index (κ1) is 13.7. The van der Waals surface area contributed by atoms with E-state index in [0.29, 0.717) is 0 Å². The Labute approximate surface area is 117 Å². The summed E-state index contributed by atoms with van der Waals surface area (Å²) in [5.41, 5.74) is 2.28. The molecule has 0 bridgehead atoms. The van der Waals surface area contributed by atoms with Gasteiger partial charge in [-0.15, -0.1) is 11.8 Å². The van der Waals surface area contributed by atoms with E-state index in [9.17, 15) is 5.14 Å². The Kier molecular flexibility index (Phi) is 4.20. The summed E-state index contributed by atoms with van der Waals surface area (Å²) in [5.74, 6) is 0.832. The Balaban J connectivity index is 2.25. The Morgan fingerprint density at radius 1 is 1.28 bits per heavy atom. The minimum absolute atomic E-state index is 0.147. The summed E-state index contributed by atoms with van der Waals surface area (Å²) in [6.07, 6.45) is 0. The van der Waals surface area contributed by atoms with Crippen LogP contribution in [-0.2, 0) is 0 Å². The first-order valence-electron chi connectivity index (χ1n) is 5.83. The highest BCUT2D eigenvalue weighted by atomic mass is 32.2. The number of aryl methyl sites for hydroxylation is 1. The van der Waals surface area contributed by atoms with E-state index in [-0.39, 0.29) is 4.75 Å². The van der Waals surface area contributed by atoms with E-state index in [1.54, 1.807) is 11.8 Å². The van der Waals surface area contributed by atoms with Crippen LogP contribution in [0.5, 0.6) is 0 Å². The van der Waals surface area contributed by atoms with E-state index in [1.807, 2.05) is 32.0 Å². The number of para-hydroxylation sites is 1. The summed E-state index contributed by atoms with van der Waals surface area (Å²) in [4.78, 5) is 4.65. The zero-order valence-electron chi connectivity index (χ0n) is 10.8. The summed E-state index contributed by atoms with van der Waals surface area (Å²) in [6, 6.07) is 10.3. The minimum Gasteiger partial charge on any atom is -0.241 e. The summed E-state index contributed by atoms with van der Waals surface area (Å²) >= 11 is 2.59. The lowest BCUT2D eigenvalue weighted by molar-refractivity contribution is 0.815. The lowest BCUT2D eigenvalue weighted by Gasteiger charge is -2.18. The molecule has 0 unspecified atom stereocenters. The van der Waals surface area contributed by atoms with E-state index < -0.39 is 0 Å². The van der Waals surface area contributed by atoms with Gasteiger partial charge in [-0.2, -0.15) is 0 Å². The standard InChI is InChI=1S/C14H16N2S2/c1-10-8-13(17-9-14(2,3)18-15)16-12-7-5-4-6-11(10)12/h4-8H,9H2,1-3H3. The normalized spacial score (nSPS) is 12.0. The number of benzene rings is 1. The van der Waals surface area contributed by atoms with Crippen molar-refractivity contribution in [1.82, 2.24) is 10.1 Å². The summed E-state index contributed by atoms with van der Waals surface area (Å²) in [5, 5.41) is 11.4. The number of nitrogens with zero attached hydrogens (tertiary/aromatic N) is 2. The fourth-order valence-electron chi connectivity index (χ4n) is 1.67. The number of fused-ring (bicyclic) bond motifs is 1. The third-order valence-corrected chi connectivity index (χ3v) is 4.91. The van der Waals surface area contributed by atoms with Crippen LogP contribution in [-0.4, -0.2) is 15.5 Å². The van der Waals surface area contributed by atoms with Crippen molar-refractivity contribution in [2.24, 2.45) is 0 Å². The predicted octanol–water partition coefficient (Wildman–Crippen LogP) is 4.13. The molecule has 1 aromatic heterocycles. The van der Waals surface area contributed by atoms with Crippen molar-refractivity contribution in [2.75, 3.05) is 5.75 Å². The molecule has 94 valence electrons. The van der Waals surface area contributed by atoms with Crippen LogP contribution in [0.25, 0.3) is 10.9 Å². The number of pyridine rings is 1. The van der Waals surface area contributed by atoms with Gasteiger partial charge >= 0.3 is 0 Å². The van der Waals surface area contributed by atoms with Crippen LogP contribution < -0.4 is 5.14 Å². The molecule has 2 radical (unpaired) electrons. The van der Waals surface area contributed by atoms with Crippen LogP contribution in [0.1, 0.15) is 19.4 Å². The topological polar surface area (TPSA) is 35.2 Å². The van der Waals surface area contributed by atoms with Gasteiger partial charge in [0, 0.05) is 15.9 Å². The number of hydrogen-bond donors (Lipinski definition) is 0. The largest absolute Gasteiger partial charge is 0.241 e. The zero-order valence-corrected chi connectivity index (χ0v) is 12.4. The van der Waals surface area contributed by atoms with Crippen molar-refractivity contribution >= 4 is 34.6 Å². The number of thioether (sulfide) groups is 1. The molecule has 0 amide bonds. The maximum Gasteiger partial charge on any atom is 0.0970 e. The van der Waals surface area contributed by atoms with Crippen LogP contribution in [0.15, 0.2) is 35.4 Å². The van der Waals surface area contributed by atoms with E-state index in [2.05, 4.69) is 24.0 Å². The maximum atomic E-state index is 9.18. The van der Waals surface area contributed by atoms with E-state index in [0.717, 1.165) is 28.2 Å². The van der Waals surface area contributed by atoms with Gasteiger partial charge in [-0.1, -0.05) is 23.3 Å². The molecule has 1 heterocycles. The molecule has 0 fully saturated rings. The van der Waals surface area contributed by atoms with Gasteiger partial charge in [-0.3, -0.25) is 0 Å². The van der Waals surface area contributed by atoms with Gasteiger partial charge in [0.1, 0.15) is 0 Å². The second-order valence-corrected chi connectivity index (χ2v) is 7.22. The van der Waals surface area contributed by atoms with E-state index in [4.69, 9.17) is 0 Å². The van der Waals surface area contributed by atoms with Crippen LogP contribution in [0.4, 0.5) is 0 Å². The van der Waals surface area contributed by atoms with Gasteiger partial charge in [0.25, 0.3) is 0 Å². The second kappa shape index (κ2) is 5.51. The Morgan fingerprint density at radius 2 is 2.00 bits per heavy atom. The van der Waals surface area contributed by atoms with Crippen LogP contribution >= 0.6 is 23.7 Å². The highest BCUT2D eigenvalue weighted by molar-refractivity contribution is 8.02. The van der Waals surface area contributed by atoms with Gasteiger partial charge in [0.05, 0.1) is 10.5 Å². The molecule has 0 N–H and O–H groups in total. The lowest BCUT2D eigenvalue weighted by atomic mass is 10.1. The molecular weight excluding hydrogens is 260 g/mol. The molecule has 1 aromatic carbocycles. The summed E-state index contributed by atoms with van der Waals surface area (Å²) in [7, 11) is 0. The van der Waals surface area contributed by atoms with Crippen LogP contribution in [0.3, 0.4) is 0 Å². The van der Waals surface area contributed by atoms with Gasteiger partial charge in [-0.05, 0) is 50.4 Å². The Bertz CT molecular complexity index is 552. The van der Waals surface area contributed by atoms with Gasteiger partial charge in [0.2, 0.25) is 0 Å². The molecule has 2 rings (SSSR count). The van der Waals surface area contributed by atoms with Crippen molar-refractivity contribution in [3.8, 4) is 0 Å². The molecule has 0 saturated heterocycles. The smallest absolute Gasteiger partial charge is 0.0970 e. The fourth-order valence-corrected chi connectivity index (χ4v) is 2.97. The van der Waals surface area contributed by atoms with E-state index in [1.165, 1.54) is 10.9 Å². The first-order valence-corrected chi connectivity index (χ1v) is 7.59. The predicted molar refractivity (Wildman–Crippen MR) is 81.0 cm³/mol. The Morgan fingerprint density at radius 3 is 2.72 bits per heavy atom. The molecule has 0 aliphatic carbocycles. The minimum atomic E-state index is -0.147. The molecule has 0 spiro atoms. The quantitative estimate of drug-likeness (QED) is 0.622. The molecular formula is C14H16N2S2. The van der Waals surface area contributed by atoms with Gasteiger partial charge in [-0.25, -0.2) is 4.98 Å². The highest BCUT2D eigenvalue weighted by Gasteiger charge is 2.18. The Hall–Kier alpha value is -0.710. The van der Waals surface area contributed by atoms with Crippen molar-refractivity contribution in [3.05, 3.63) is 35.9 Å². The summed E-state index contributed by atoms with van der Waals surface area (Å²) < 4.78 is -0.147. The second-order valence-electron chi connectivity index (χ2n) is 4.93. The number of aromatic nitrogens is 1. The third kappa shape index (κ3) is 3.19. The first-order chi connectivity index (χ1) is 8.52. The molecule has 0 aliphatic heterocycles. The van der Waals surface area contributed by atoms with Gasteiger partial charge in [0.15, 0.2) is 0 Å². The third-order valence-electron chi connectivity index (χ3n) is 2.71. The van der Waals surface area contributed by atoms with Crippen molar-refractivity contribution < 1.29 is 0 Å². The molecule has 18 heavy (non-hydrogen) atoms. The SMILES string of the molecule is Cc1cc(SCC(C)(C)S[N])nc2ccccc12. The highest BCUT2D eigenvalue weighted by Crippen LogP contribution is 2.30. The van der Waals surface area contributed by atoms with Crippen LogP contribution in [0.2, 0.25) is 0 Å². The summed E-state index contributed by atoms with van der Waals surface area (Å²) in [6.45, 7) is 6.16. The molecule has 0 aliphatic rings. The monoisotopic (exact) mass is 276 g/mol. The fraction of sp³-hybridized carbons (Fsp3) is 0.357. The average Bonchev–Trinajstić information content (AvgIpc) is 2.37. The lowest BCUT2D eigenvalue weighted by Crippen LogP contribution is -2.18. The van der Waals surface area contributed by atoms with Crippen molar-refractivity contribution in [3.63, 3.8) is 0 Å². The molecule has 4 heteroatoms.